The second kappa shape index (κ2) is 7.44. The Kier molecular flexibility index (Phi) is 5.28. The number of benzene rings is 2. The third kappa shape index (κ3) is 3.64. The molecular formula is C21H27NO3. The number of methoxy groups -OCH3 is 1. The lowest BCUT2D eigenvalue weighted by atomic mass is 10.00. The van der Waals surface area contributed by atoms with Crippen molar-refractivity contribution in [3.05, 3.63) is 36.4 Å². The molecule has 2 aromatic carbocycles. The van der Waals surface area contributed by atoms with Gasteiger partial charge in [0.1, 0.15) is 11.4 Å². The van der Waals surface area contributed by atoms with Crippen LogP contribution >= 0.6 is 0 Å². The van der Waals surface area contributed by atoms with Gasteiger partial charge in [-0.2, -0.15) is 0 Å². The molecule has 1 amide bonds. The van der Waals surface area contributed by atoms with E-state index in [-0.39, 0.29) is 5.91 Å². The highest BCUT2D eigenvalue weighted by Gasteiger charge is 2.41. The summed E-state index contributed by atoms with van der Waals surface area (Å²) in [5, 5.41) is 5.09. The summed E-state index contributed by atoms with van der Waals surface area (Å²) in [5.41, 5.74) is 0.120. The number of ether oxygens (including phenoxy) is 2. The molecular weight excluding hydrogens is 314 g/mol. The Labute approximate surface area is 149 Å². The van der Waals surface area contributed by atoms with Crippen molar-refractivity contribution in [1.29, 1.82) is 0 Å². The molecule has 0 atom stereocenters. The quantitative estimate of drug-likeness (QED) is 0.823. The minimum absolute atomic E-state index is 0.0477. The predicted octanol–water partition coefficient (Wildman–Crippen LogP) is 4.77. The molecule has 4 nitrogen and oxygen atoms in total. The maximum Gasteiger partial charge on any atom is 0.256 e. The monoisotopic (exact) mass is 341 g/mol. The van der Waals surface area contributed by atoms with E-state index in [9.17, 15) is 4.79 Å². The van der Waals surface area contributed by atoms with E-state index in [0.29, 0.717) is 12.5 Å². The van der Waals surface area contributed by atoms with Crippen molar-refractivity contribution in [1.82, 2.24) is 0 Å². The van der Waals surface area contributed by atoms with Crippen LogP contribution in [0.5, 0.6) is 5.75 Å². The van der Waals surface area contributed by atoms with Gasteiger partial charge in [0.2, 0.25) is 0 Å². The van der Waals surface area contributed by atoms with Gasteiger partial charge < -0.3 is 14.8 Å². The number of carbonyl (C=O) groups excluding carboxylic acids is 1. The van der Waals surface area contributed by atoms with Gasteiger partial charge in [-0.1, -0.05) is 38.1 Å². The Morgan fingerprint density at radius 1 is 1.12 bits per heavy atom. The molecule has 0 bridgehead atoms. The Morgan fingerprint density at radius 2 is 1.80 bits per heavy atom. The molecule has 1 aliphatic carbocycles. The smallest absolute Gasteiger partial charge is 0.256 e. The van der Waals surface area contributed by atoms with E-state index in [1.165, 1.54) is 0 Å². The van der Waals surface area contributed by atoms with Gasteiger partial charge in [-0.15, -0.1) is 0 Å². The van der Waals surface area contributed by atoms with Crippen molar-refractivity contribution >= 4 is 22.4 Å². The number of hydrogen-bond acceptors (Lipinski definition) is 3. The molecule has 0 spiro atoms. The fraction of sp³-hybridized carbons (Fsp3) is 0.476. The van der Waals surface area contributed by atoms with Crippen LogP contribution in [0.25, 0.3) is 10.8 Å². The highest BCUT2D eigenvalue weighted by Crippen LogP contribution is 2.36. The Morgan fingerprint density at radius 3 is 2.44 bits per heavy atom. The topological polar surface area (TPSA) is 47.6 Å². The van der Waals surface area contributed by atoms with Crippen molar-refractivity contribution in [2.24, 2.45) is 5.92 Å². The summed E-state index contributed by atoms with van der Waals surface area (Å²) < 4.78 is 11.5. The summed E-state index contributed by atoms with van der Waals surface area (Å²) in [6.07, 6.45) is 3.62. The molecule has 0 aliphatic heterocycles. The molecule has 0 aromatic heterocycles. The molecule has 2 aromatic rings. The Bertz CT molecular complexity index is 748. The maximum absolute atomic E-state index is 12.8. The van der Waals surface area contributed by atoms with Crippen molar-refractivity contribution < 1.29 is 14.3 Å². The predicted molar refractivity (Wildman–Crippen MR) is 101 cm³/mol. The normalized spacial score (nSPS) is 16.3. The van der Waals surface area contributed by atoms with Crippen LogP contribution in [0.2, 0.25) is 0 Å². The molecule has 1 aliphatic rings. The first-order valence-corrected chi connectivity index (χ1v) is 9.07. The highest BCUT2D eigenvalue weighted by molar-refractivity contribution is 6.06. The zero-order chi connectivity index (χ0) is 17.9. The van der Waals surface area contributed by atoms with E-state index in [0.717, 1.165) is 47.9 Å². The van der Waals surface area contributed by atoms with Crippen molar-refractivity contribution in [2.45, 2.75) is 45.1 Å². The molecule has 1 fully saturated rings. The lowest BCUT2D eigenvalue weighted by molar-refractivity contribution is -0.136. The molecule has 1 N–H and O–H groups in total. The van der Waals surface area contributed by atoms with Crippen LogP contribution in [0.1, 0.15) is 39.5 Å². The van der Waals surface area contributed by atoms with Gasteiger partial charge >= 0.3 is 0 Å². The van der Waals surface area contributed by atoms with Crippen LogP contribution in [0.3, 0.4) is 0 Å². The van der Waals surface area contributed by atoms with Crippen LogP contribution in [-0.2, 0) is 9.53 Å². The Hall–Kier alpha value is -2.07. The molecule has 0 heterocycles. The molecule has 1 saturated carbocycles. The van der Waals surface area contributed by atoms with Crippen LogP contribution < -0.4 is 10.1 Å². The van der Waals surface area contributed by atoms with Crippen molar-refractivity contribution in [3.8, 4) is 5.75 Å². The largest absolute Gasteiger partial charge is 0.493 e. The fourth-order valence-electron chi connectivity index (χ4n) is 3.47. The third-order valence-electron chi connectivity index (χ3n) is 4.92. The zero-order valence-electron chi connectivity index (χ0n) is 15.3. The summed E-state index contributed by atoms with van der Waals surface area (Å²) in [6, 6.07) is 11.9. The summed E-state index contributed by atoms with van der Waals surface area (Å²) in [5.74, 6) is 1.26. The van der Waals surface area contributed by atoms with Crippen molar-refractivity contribution in [2.75, 3.05) is 19.0 Å². The summed E-state index contributed by atoms with van der Waals surface area (Å²) in [6.45, 7) is 4.92. The van der Waals surface area contributed by atoms with Crippen LogP contribution in [0.4, 0.5) is 5.69 Å². The van der Waals surface area contributed by atoms with E-state index in [1.807, 2.05) is 36.4 Å². The second-order valence-electron chi connectivity index (χ2n) is 7.22. The van der Waals surface area contributed by atoms with E-state index in [4.69, 9.17) is 9.47 Å². The van der Waals surface area contributed by atoms with Gasteiger partial charge in [0.15, 0.2) is 0 Å². The van der Waals surface area contributed by atoms with Crippen LogP contribution in [-0.4, -0.2) is 25.2 Å². The standard InChI is InChI=1S/C21H27NO3/c1-15(2)14-25-19-11-10-18(16-8-4-5-9-17(16)19)22-20(23)21(24-3)12-6-7-13-21/h4-5,8-11,15H,6-7,12-14H2,1-3H3,(H,22,23). The number of fused-ring (bicyclic) bond motifs is 1. The van der Waals surface area contributed by atoms with Crippen molar-refractivity contribution in [3.63, 3.8) is 0 Å². The molecule has 0 radical (unpaired) electrons. The maximum atomic E-state index is 12.8. The van der Waals surface area contributed by atoms with E-state index < -0.39 is 5.60 Å². The first kappa shape index (κ1) is 17.7. The van der Waals surface area contributed by atoms with Gasteiger partial charge in [-0.3, -0.25) is 4.79 Å². The summed E-state index contributed by atoms with van der Waals surface area (Å²) >= 11 is 0. The second-order valence-corrected chi connectivity index (χ2v) is 7.22. The highest BCUT2D eigenvalue weighted by atomic mass is 16.5. The van der Waals surface area contributed by atoms with Gasteiger partial charge in [0.25, 0.3) is 5.91 Å². The number of amides is 1. The average Bonchev–Trinajstić information content (AvgIpc) is 3.11. The molecule has 134 valence electrons. The fourth-order valence-corrected chi connectivity index (χ4v) is 3.47. The molecule has 0 saturated heterocycles. The number of hydrogen-bond donors (Lipinski definition) is 1. The van der Waals surface area contributed by atoms with Gasteiger partial charge in [-0.05, 0) is 43.7 Å². The van der Waals surface area contributed by atoms with Crippen LogP contribution in [0, 0.1) is 5.92 Å². The third-order valence-corrected chi connectivity index (χ3v) is 4.92. The lowest BCUT2D eigenvalue weighted by Crippen LogP contribution is -2.42. The van der Waals surface area contributed by atoms with Gasteiger partial charge in [0.05, 0.1) is 6.61 Å². The zero-order valence-corrected chi connectivity index (χ0v) is 15.3. The molecule has 3 rings (SSSR count). The number of nitrogens with one attached hydrogen (secondary N) is 1. The lowest BCUT2D eigenvalue weighted by Gasteiger charge is -2.26. The van der Waals surface area contributed by atoms with E-state index in [2.05, 4.69) is 19.2 Å². The molecule has 25 heavy (non-hydrogen) atoms. The SMILES string of the molecule is COC1(C(=O)Nc2ccc(OCC(C)C)c3ccccc23)CCCC1. The average molecular weight is 341 g/mol. The molecule has 4 heteroatoms. The van der Waals surface area contributed by atoms with Crippen LogP contribution in [0.15, 0.2) is 36.4 Å². The number of anilines is 1. The summed E-state index contributed by atoms with van der Waals surface area (Å²) in [7, 11) is 1.63. The number of carbonyl (C=O) groups is 1. The first-order valence-electron chi connectivity index (χ1n) is 9.07. The van der Waals surface area contributed by atoms with Gasteiger partial charge in [0, 0.05) is 23.6 Å². The van der Waals surface area contributed by atoms with Gasteiger partial charge in [-0.25, -0.2) is 0 Å². The minimum Gasteiger partial charge on any atom is -0.493 e. The van der Waals surface area contributed by atoms with E-state index in [1.54, 1.807) is 7.11 Å². The number of rotatable bonds is 6. The first-order chi connectivity index (χ1) is 12.1. The minimum atomic E-state index is -0.687. The summed E-state index contributed by atoms with van der Waals surface area (Å²) in [4.78, 5) is 12.8. The van der Waals surface area contributed by atoms with E-state index >= 15 is 0 Å². The Balaban J connectivity index is 1.90. The molecule has 0 unspecified atom stereocenters.